The van der Waals surface area contributed by atoms with Gasteiger partial charge in [0.2, 0.25) is 0 Å². The number of ketones is 1. The number of fused-ring (bicyclic) bond motifs is 1. The summed E-state index contributed by atoms with van der Waals surface area (Å²) in [6.07, 6.45) is 1.49. The summed E-state index contributed by atoms with van der Waals surface area (Å²) in [4.78, 5) is 11.5. The minimum atomic E-state index is 0.254. The zero-order valence-electron chi connectivity index (χ0n) is 9.31. The number of Topliss-reactive ketones (excluding diaryl/α,β-unsaturated/α-hetero) is 1. The Labute approximate surface area is 104 Å². The van der Waals surface area contributed by atoms with E-state index in [2.05, 4.69) is 11.4 Å². The Bertz CT molecular complexity index is 543. The lowest BCUT2D eigenvalue weighted by Crippen LogP contribution is -1.95. The predicted molar refractivity (Wildman–Crippen MR) is 67.7 cm³/mol. The van der Waals surface area contributed by atoms with Crippen LogP contribution in [0.2, 0.25) is 0 Å². The van der Waals surface area contributed by atoms with Gasteiger partial charge in [0.15, 0.2) is 5.78 Å². The largest absolute Gasteiger partial charge is 0.489 e. The average Bonchev–Trinajstić information content (AvgIpc) is 2.97. The molecular formula is C14H12O2S. The van der Waals surface area contributed by atoms with E-state index >= 15 is 0 Å². The Morgan fingerprint density at radius 1 is 1.24 bits per heavy atom. The van der Waals surface area contributed by atoms with Gasteiger partial charge in [0.1, 0.15) is 12.4 Å². The summed E-state index contributed by atoms with van der Waals surface area (Å²) in [5.41, 5.74) is 3.18. The van der Waals surface area contributed by atoms with Crippen molar-refractivity contribution >= 4 is 17.1 Å². The number of benzene rings is 1. The van der Waals surface area contributed by atoms with Crippen LogP contribution in [0.15, 0.2) is 35.0 Å². The molecule has 1 aromatic heterocycles. The third-order valence-electron chi connectivity index (χ3n) is 2.98. The van der Waals surface area contributed by atoms with Gasteiger partial charge in [-0.1, -0.05) is 0 Å². The fraction of sp³-hybridized carbons (Fsp3) is 0.214. The molecule has 0 saturated carbocycles. The molecule has 86 valence electrons. The van der Waals surface area contributed by atoms with Crippen LogP contribution in [0.1, 0.15) is 27.9 Å². The van der Waals surface area contributed by atoms with E-state index in [4.69, 9.17) is 4.74 Å². The molecular weight excluding hydrogens is 232 g/mol. The van der Waals surface area contributed by atoms with Gasteiger partial charge in [-0.15, -0.1) is 0 Å². The summed E-state index contributed by atoms with van der Waals surface area (Å²) in [6, 6.07) is 7.82. The van der Waals surface area contributed by atoms with Crippen LogP contribution in [-0.4, -0.2) is 5.78 Å². The number of thiophene rings is 1. The van der Waals surface area contributed by atoms with Crippen LogP contribution in [-0.2, 0) is 13.0 Å². The Morgan fingerprint density at radius 2 is 2.18 bits per heavy atom. The molecule has 0 amide bonds. The maximum Gasteiger partial charge on any atom is 0.163 e. The fourth-order valence-corrected chi connectivity index (χ4v) is 2.72. The third kappa shape index (κ3) is 2.11. The van der Waals surface area contributed by atoms with Crippen molar-refractivity contribution in [2.75, 3.05) is 0 Å². The molecule has 1 aromatic carbocycles. The molecule has 1 heterocycles. The van der Waals surface area contributed by atoms with Crippen molar-refractivity contribution in [1.82, 2.24) is 0 Å². The second-order valence-electron chi connectivity index (χ2n) is 4.16. The molecule has 2 aromatic rings. The first-order chi connectivity index (χ1) is 8.33. The van der Waals surface area contributed by atoms with E-state index < -0.39 is 0 Å². The lowest BCUT2D eigenvalue weighted by atomic mass is 10.1. The van der Waals surface area contributed by atoms with Gasteiger partial charge in [0.25, 0.3) is 0 Å². The molecule has 2 nitrogen and oxygen atoms in total. The van der Waals surface area contributed by atoms with Gasteiger partial charge in [-0.3, -0.25) is 4.79 Å². The maximum absolute atomic E-state index is 11.5. The molecule has 0 radical (unpaired) electrons. The number of ether oxygens (including phenoxy) is 1. The van der Waals surface area contributed by atoms with E-state index in [0.717, 1.165) is 23.3 Å². The number of hydrogen-bond acceptors (Lipinski definition) is 3. The standard InChI is InChI=1S/C14H12O2S/c15-14-4-1-11-7-12(2-3-13(11)14)16-8-10-5-6-17-9-10/h2-3,5-7,9H,1,4,8H2. The summed E-state index contributed by atoms with van der Waals surface area (Å²) < 4.78 is 5.71. The summed E-state index contributed by atoms with van der Waals surface area (Å²) in [5, 5.41) is 4.12. The Morgan fingerprint density at radius 3 is 3.00 bits per heavy atom. The van der Waals surface area contributed by atoms with Gasteiger partial charge in [-0.25, -0.2) is 0 Å². The smallest absolute Gasteiger partial charge is 0.163 e. The van der Waals surface area contributed by atoms with Crippen LogP contribution in [0.3, 0.4) is 0 Å². The highest BCUT2D eigenvalue weighted by Gasteiger charge is 2.19. The van der Waals surface area contributed by atoms with Gasteiger partial charge in [0.05, 0.1) is 0 Å². The van der Waals surface area contributed by atoms with Crippen LogP contribution in [0, 0.1) is 0 Å². The van der Waals surface area contributed by atoms with Crippen molar-refractivity contribution < 1.29 is 9.53 Å². The summed E-state index contributed by atoms with van der Waals surface area (Å²) in [7, 11) is 0. The molecule has 3 rings (SSSR count). The third-order valence-corrected chi connectivity index (χ3v) is 3.72. The van der Waals surface area contributed by atoms with Crippen molar-refractivity contribution in [3.63, 3.8) is 0 Å². The average molecular weight is 244 g/mol. The van der Waals surface area contributed by atoms with Crippen LogP contribution in [0.5, 0.6) is 5.75 Å². The van der Waals surface area contributed by atoms with Crippen molar-refractivity contribution in [1.29, 1.82) is 0 Å². The molecule has 0 fully saturated rings. The monoisotopic (exact) mass is 244 g/mol. The Balaban J connectivity index is 1.74. The second-order valence-corrected chi connectivity index (χ2v) is 4.94. The van der Waals surface area contributed by atoms with Gasteiger partial charge in [-0.05, 0) is 52.6 Å². The van der Waals surface area contributed by atoms with Gasteiger partial charge in [-0.2, -0.15) is 11.3 Å². The van der Waals surface area contributed by atoms with E-state index in [9.17, 15) is 4.79 Å². The number of carbonyl (C=O) groups is 1. The van der Waals surface area contributed by atoms with Crippen LogP contribution < -0.4 is 4.74 Å². The summed E-state index contributed by atoms with van der Waals surface area (Å²) >= 11 is 1.67. The minimum Gasteiger partial charge on any atom is -0.489 e. The highest BCUT2D eigenvalue weighted by atomic mass is 32.1. The van der Waals surface area contributed by atoms with E-state index in [-0.39, 0.29) is 5.78 Å². The second kappa shape index (κ2) is 4.34. The minimum absolute atomic E-state index is 0.254. The first kappa shape index (κ1) is 10.5. The van der Waals surface area contributed by atoms with Crippen molar-refractivity contribution in [3.8, 4) is 5.75 Å². The fourth-order valence-electron chi connectivity index (χ4n) is 2.06. The van der Waals surface area contributed by atoms with Crippen molar-refractivity contribution in [2.45, 2.75) is 19.4 Å². The van der Waals surface area contributed by atoms with Crippen molar-refractivity contribution in [2.24, 2.45) is 0 Å². The number of hydrogen-bond donors (Lipinski definition) is 0. The quantitative estimate of drug-likeness (QED) is 0.826. The molecule has 0 saturated heterocycles. The first-order valence-electron chi connectivity index (χ1n) is 5.63. The van der Waals surface area contributed by atoms with E-state index in [0.29, 0.717) is 13.0 Å². The van der Waals surface area contributed by atoms with Crippen molar-refractivity contribution in [3.05, 3.63) is 51.7 Å². The molecule has 0 spiro atoms. The molecule has 1 aliphatic carbocycles. The predicted octanol–water partition coefficient (Wildman–Crippen LogP) is 3.46. The van der Waals surface area contributed by atoms with Gasteiger partial charge in [0, 0.05) is 12.0 Å². The van der Waals surface area contributed by atoms with Gasteiger partial charge < -0.3 is 4.74 Å². The molecule has 0 aliphatic heterocycles. The van der Waals surface area contributed by atoms with E-state index in [1.165, 1.54) is 5.56 Å². The number of carbonyl (C=O) groups excluding carboxylic acids is 1. The molecule has 0 atom stereocenters. The SMILES string of the molecule is O=C1CCc2cc(OCc3ccsc3)ccc21. The lowest BCUT2D eigenvalue weighted by molar-refractivity contribution is 0.0994. The van der Waals surface area contributed by atoms with E-state index in [1.807, 2.05) is 23.6 Å². The first-order valence-corrected chi connectivity index (χ1v) is 6.57. The topological polar surface area (TPSA) is 26.3 Å². The zero-order chi connectivity index (χ0) is 11.7. The molecule has 0 N–H and O–H groups in total. The molecule has 17 heavy (non-hydrogen) atoms. The number of rotatable bonds is 3. The summed E-state index contributed by atoms with van der Waals surface area (Å²) in [5.74, 6) is 1.11. The van der Waals surface area contributed by atoms with Crippen LogP contribution in [0.25, 0.3) is 0 Å². The molecule has 0 unspecified atom stereocenters. The molecule has 3 heteroatoms. The highest BCUT2D eigenvalue weighted by Crippen LogP contribution is 2.26. The van der Waals surface area contributed by atoms with Crippen LogP contribution in [0.4, 0.5) is 0 Å². The molecule has 1 aliphatic rings. The Hall–Kier alpha value is -1.61. The normalized spacial score (nSPS) is 13.8. The lowest BCUT2D eigenvalue weighted by Gasteiger charge is -2.06. The molecule has 0 bridgehead atoms. The summed E-state index contributed by atoms with van der Waals surface area (Å²) in [6.45, 7) is 0.593. The number of aryl methyl sites for hydroxylation is 1. The highest BCUT2D eigenvalue weighted by molar-refractivity contribution is 7.07. The van der Waals surface area contributed by atoms with Gasteiger partial charge >= 0.3 is 0 Å². The maximum atomic E-state index is 11.5. The Kier molecular flexibility index (Phi) is 2.69. The zero-order valence-corrected chi connectivity index (χ0v) is 10.1. The van der Waals surface area contributed by atoms with Crippen LogP contribution >= 0.6 is 11.3 Å². The van der Waals surface area contributed by atoms with E-state index in [1.54, 1.807) is 11.3 Å².